The number of hydrogen-bond donors (Lipinski definition) is 1. The second-order valence-electron chi connectivity index (χ2n) is 5.93. The summed E-state index contributed by atoms with van der Waals surface area (Å²) in [5, 5.41) is 9.94. The number of hydrogen-bond acceptors (Lipinski definition) is 2. The summed E-state index contributed by atoms with van der Waals surface area (Å²) in [5.41, 5.74) is 2.22. The summed E-state index contributed by atoms with van der Waals surface area (Å²) in [6.07, 6.45) is 9.42. The van der Waals surface area contributed by atoms with E-state index in [4.69, 9.17) is 4.74 Å². The number of aromatic hydroxyl groups is 1. The highest BCUT2D eigenvalue weighted by Crippen LogP contribution is 2.48. The van der Waals surface area contributed by atoms with Crippen molar-refractivity contribution >= 4 is 6.08 Å². The van der Waals surface area contributed by atoms with E-state index >= 15 is 0 Å². The first-order chi connectivity index (χ1) is 9.23. The Balaban J connectivity index is 0.00000147. The van der Waals surface area contributed by atoms with Crippen LogP contribution in [0.15, 0.2) is 29.8 Å². The monoisotopic (exact) mass is 274 g/mol. The predicted molar refractivity (Wildman–Crippen MR) is 83.7 cm³/mol. The Morgan fingerprint density at radius 1 is 1.30 bits per heavy atom. The first-order valence-electron chi connectivity index (χ1n) is 7.28. The highest BCUT2D eigenvalue weighted by atomic mass is 16.5. The molecule has 1 aromatic rings. The maximum Gasteiger partial charge on any atom is 0.122 e. The van der Waals surface area contributed by atoms with Crippen LogP contribution in [0.4, 0.5) is 0 Å². The molecule has 0 heterocycles. The van der Waals surface area contributed by atoms with Gasteiger partial charge < -0.3 is 9.84 Å². The maximum atomic E-state index is 9.94. The maximum absolute atomic E-state index is 9.94. The second kappa shape index (κ2) is 6.01. The van der Waals surface area contributed by atoms with Gasteiger partial charge in [0.25, 0.3) is 0 Å². The number of ether oxygens (including phenoxy) is 1. The minimum absolute atomic E-state index is 0. The van der Waals surface area contributed by atoms with Gasteiger partial charge >= 0.3 is 0 Å². The summed E-state index contributed by atoms with van der Waals surface area (Å²) in [5.74, 6) is 1.19. The first kappa shape index (κ1) is 15.1. The Labute approximate surface area is 122 Å². The number of methoxy groups -OCH3 is 1. The molecule has 20 heavy (non-hydrogen) atoms. The highest BCUT2D eigenvalue weighted by Gasteiger charge is 2.42. The Kier molecular flexibility index (Phi) is 4.54. The molecule has 2 nitrogen and oxygen atoms in total. The van der Waals surface area contributed by atoms with Gasteiger partial charge in [-0.15, -0.1) is 0 Å². The SMILES string of the molecule is C.COC12CCCC(CCC1=Cc1ccccc1O)C2. The number of rotatable bonds is 2. The molecule has 2 bridgehead atoms. The molecule has 2 aliphatic rings. The minimum Gasteiger partial charge on any atom is -0.507 e. The molecule has 0 amide bonds. The van der Waals surface area contributed by atoms with Gasteiger partial charge in [0, 0.05) is 12.7 Å². The molecule has 3 rings (SSSR count). The van der Waals surface area contributed by atoms with Crippen molar-refractivity contribution < 1.29 is 9.84 Å². The minimum atomic E-state index is -0.0660. The van der Waals surface area contributed by atoms with Crippen LogP contribution in [-0.4, -0.2) is 17.8 Å². The molecule has 2 unspecified atom stereocenters. The van der Waals surface area contributed by atoms with E-state index in [2.05, 4.69) is 6.08 Å². The number of phenols is 1. The molecule has 2 aliphatic carbocycles. The van der Waals surface area contributed by atoms with Gasteiger partial charge in [-0.1, -0.05) is 32.0 Å². The molecule has 1 N–H and O–H groups in total. The summed E-state index contributed by atoms with van der Waals surface area (Å²) in [6.45, 7) is 0. The van der Waals surface area contributed by atoms with Crippen LogP contribution in [0.5, 0.6) is 5.75 Å². The van der Waals surface area contributed by atoms with Crippen molar-refractivity contribution in [1.29, 1.82) is 0 Å². The third kappa shape index (κ3) is 2.62. The molecule has 0 spiro atoms. The zero-order valence-corrected chi connectivity index (χ0v) is 11.6. The molecule has 0 aromatic heterocycles. The van der Waals surface area contributed by atoms with E-state index in [-0.39, 0.29) is 13.0 Å². The summed E-state index contributed by atoms with van der Waals surface area (Å²) in [6, 6.07) is 7.55. The topological polar surface area (TPSA) is 29.5 Å². The van der Waals surface area contributed by atoms with E-state index in [0.717, 1.165) is 30.7 Å². The molecule has 2 saturated carbocycles. The predicted octanol–water partition coefficient (Wildman–Crippen LogP) is 4.78. The van der Waals surface area contributed by atoms with Crippen LogP contribution in [0.2, 0.25) is 0 Å². The molecule has 0 saturated heterocycles. The fourth-order valence-electron chi connectivity index (χ4n) is 3.79. The molecule has 2 heteroatoms. The van der Waals surface area contributed by atoms with Crippen LogP contribution in [0, 0.1) is 5.92 Å². The average Bonchev–Trinajstić information content (AvgIpc) is 2.44. The Morgan fingerprint density at radius 2 is 2.10 bits per heavy atom. The summed E-state index contributed by atoms with van der Waals surface area (Å²) >= 11 is 0. The molecule has 2 atom stereocenters. The van der Waals surface area contributed by atoms with Crippen LogP contribution in [0.1, 0.15) is 51.5 Å². The van der Waals surface area contributed by atoms with E-state index in [1.54, 1.807) is 6.07 Å². The molecule has 0 aliphatic heterocycles. The van der Waals surface area contributed by atoms with Gasteiger partial charge in [0.15, 0.2) is 0 Å². The van der Waals surface area contributed by atoms with Crippen LogP contribution in [0.3, 0.4) is 0 Å². The quantitative estimate of drug-likeness (QED) is 0.841. The van der Waals surface area contributed by atoms with Crippen molar-refractivity contribution in [2.45, 2.75) is 51.6 Å². The summed E-state index contributed by atoms with van der Waals surface area (Å²) in [7, 11) is 1.84. The van der Waals surface area contributed by atoms with Crippen LogP contribution < -0.4 is 0 Å². The lowest BCUT2D eigenvalue weighted by atomic mass is 9.66. The Hall–Kier alpha value is -1.28. The van der Waals surface area contributed by atoms with Crippen molar-refractivity contribution in [2.75, 3.05) is 7.11 Å². The van der Waals surface area contributed by atoms with Crippen molar-refractivity contribution in [2.24, 2.45) is 5.92 Å². The first-order valence-corrected chi connectivity index (χ1v) is 7.28. The molecular formula is C18H26O2. The van der Waals surface area contributed by atoms with E-state index < -0.39 is 0 Å². The van der Waals surface area contributed by atoms with Crippen molar-refractivity contribution in [3.05, 3.63) is 35.4 Å². The standard InChI is InChI=1S/C17H22O2.CH4/c1-19-17-10-4-5-13(12-17)8-9-15(17)11-14-6-2-3-7-16(14)18;/h2-3,6-7,11,13,18H,4-5,8-10,12H2,1H3;1H4. The van der Waals surface area contributed by atoms with Crippen LogP contribution in [0.25, 0.3) is 6.08 Å². The third-order valence-electron chi connectivity index (χ3n) is 4.88. The van der Waals surface area contributed by atoms with Gasteiger partial charge in [0.05, 0.1) is 5.60 Å². The van der Waals surface area contributed by atoms with E-state index in [1.807, 2.05) is 25.3 Å². The summed E-state index contributed by atoms with van der Waals surface area (Å²) < 4.78 is 5.92. The van der Waals surface area contributed by atoms with Crippen LogP contribution in [-0.2, 0) is 4.74 Å². The van der Waals surface area contributed by atoms with Crippen molar-refractivity contribution in [3.63, 3.8) is 0 Å². The number of phenolic OH excluding ortho intramolecular Hbond substituents is 1. The van der Waals surface area contributed by atoms with Crippen molar-refractivity contribution in [1.82, 2.24) is 0 Å². The van der Waals surface area contributed by atoms with Gasteiger partial charge in [-0.3, -0.25) is 0 Å². The van der Waals surface area contributed by atoms with E-state index in [0.29, 0.717) is 5.75 Å². The number of benzene rings is 1. The fourth-order valence-corrected chi connectivity index (χ4v) is 3.79. The van der Waals surface area contributed by atoms with Gasteiger partial charge in [-0.2, -0.15) is 0 Å². The lowest BCUT2D eigenvalue weighted by Gasteiger charge is -2.46. The van der Waals surface area contributed by atoms with Gasteiger partial charge in [-0.25, -0.2) is 0 Å². The van der Waals surface area contributed by atoms with Crippen molar-refractivity contribution in [3.8, 4) is 5.75 Å². The lowest BCUT2D eigenvalue weighted by Crippen LogP contribution is -2.42. The smallest absolute Gasteiger partial charge is 0.122 e. The lowest BCUT2D eigenvalue weighted by molar-refractivity contribution is -0.0405. The summed E-state index contributed by atoms with van der Waals surface area (Å²) in [4.78, 5) is 0. The zero-order chi connectivity index (χ0) is 13.3. The Morgan fingerprint density at radius 3 is 2.85 bits per heavy atom. The average molecular weight is 274 g/mol. The molecule has 2 fully saturated rings. The normalized spacial score (nSPS) is 30.9. The zero-order valence-electron chi connectivity index (χ0n) is 11.6. The fraction of sp³-hybridized carbons (Fsp3) is 0.556. The molecule has 110 valence electrons. The van der Waals surface area contributed by atoms with E-state index in [1.165, 1.54) is 24.8 Å². The van der Waals surface area contributed by atoms with Gasteiger partial charge in [0.1, 0.15) is 5.75 Å². The van der Waals surface area contributed by atoms with E-state index in [9.17, 15) is 5.11 Å². The molecule has 0 radical (unpaired) electrons. The Bertz CT molecular complexity index is 492. The largest absolute Gasteiger partial charge is 0.507 e. The number of para-hydroxylation sites is 1. The van der Waals surface area contributed by atoms with Gasteiger partial charge in [-0.05, 0) is 55.7 Å². The van der Waals surface area contributed by atoms with Gasteiger partial charge in [0.2, 0.25) is 0 Å². The molecular weight excluding hydrogens is 248 g/mol. The highest BCUT2D eigenvalue weighted by molar-refractivity contribution is 5.61. The number of fused-ring (bicyclic) bond motifs is 2. The molecule has 1 aromatic carbocycles. The third-order valence-corrected chi connectivity index (χ3v) is 4.88. The second-order valence-corrected chi connectivity index (χ2v) is 5.93. The van der Waals surface area contributed by atoms with Crippen LogP contribution >= 0.6 is 0 Å².